The lowest BCUT2D eigenvalue weighted by atomic mass is 10.2. The van der Waals surface area contributed by atoms with Crippen LogP contribution in [0.2, 0.25) is 0 Å². The molecule has 3 aromatic rings. The molecule has 0 aliphatic heterocycles. The van der Waals surface area contributed by atoms with Crippen LogP contribution in [-0.2, 0) is 7.05 Å². The zero-order valence-electron chi connectivity index (χ0n) is 12.4. The van der Waals surface area contributed by atoms with Crippen LogP contribution in [0.1, 0.15) is 10.4 Å². The van der Waals surface area contributed by atoms with Crippen LogP contribution in [0.5, 0.6) is 11.6 Å². The molecule has 0 fully saturated rings. The summed E-state index contributed by atoms with van der Waals surface area (Å²) >= 11 is 6.84. The number of carbonyl (C=O) groups is 1. The first kappa shape index (κ1) is 16.7. The Hall–Kier alpha value is -2.19. The molecular weight excluding hydrogens is 442 g/mol. The molecule has 2 N–H and O–H groups in total. The number of carbonyl (C=O) groups excluding carboxylic acids is 1. The fourth-order valence-corrected chi connectivity index (χ4v) is 3.82. The van der Waals surface area contributed by atoms with Crippen molar-refractivity contribution in [2.75, 3.05) is 0 Å². The minimum absolute atomic E-state index is 0.0601. The van der Waals surface area contributed by atoms with Crippen LogP contribution in [0.25, 0.3) is 10.9 Å². The Bertz CT molecular complexity index is 979. The fourth-order valence-electron chi connectivity index (χ4n) is 2.33. The number of phenols is 1. The molecule has 6 nitrogen and oxygen atoms in total. The van der Waals surface area contributed by atoms with Gasteiger partial charge in [-0.25, -0.2) is 0 Å². The summed E-state index contributed by atoms with van der Waals surface area (Å²) in [6, 6.07) is 9.34. The molecule has 24 heavy (non-hydrogen) atoms. The van der Waals surface area contributed by atoms with Crippen molar-refractivity contribution in [3.05, 3.63) is 50.9 Å². The molecule has 0 aliphatic rings. The lowest BCUT2D eigenvalue weighted by molar-refractivity contribution is 0.0995. The van der Waals surface area contributed by atoms with E-state index in [1.165, 1.54) is 24.3 Å². The first-order valence-electron chi connectivity index (χ1n) is 6.80. The average molecular weight is 453 g/mol. The monoisotopic (exact) mass is 451 g/mol. The maximum absolute atomic E-state index is 12.1. The number of aryl methyl sites for hydroxylation is 1. The fraction of sp³-hybridized carbons (Fsp3) is 0.0625. The van der Waals surface area contributed by atoms with Gasteiger partial charge in [-0.15, -0.1) is 10.2 Å². The van der Waals surface area contributed by atoms with Gasteiger partial charge in [-0.3, -0.25) is 4.79 Å². The molecule has 1 aromatic heterocycles. The largest absolute Gasteiger partial charge is 0.508 e. The van der Waals surface area contributed by atoms with E-state index in [9.17, 15) is 15.0 Å². The summed E-state index contributed by atoms with van der Waals surface area (Å²) in [5.74, 6) is -0.601. The Morgan fingerprint density at radius 2 is 1.79 bits per heavy atom. The Labute approximate surface area is 153 Å². The van der Waals surface area contributed by atoms with Crippen LogP contribution in [0.4, 0.5) is 5.69 Å². The maximum Gasteiger partial charge on any atom is 0.295 e. The predicted molar refractivity (Wildman–Crippen MR) is 96.9 cm³/mol. The van der Waals surface area contributed by atoms with E-state index in [2.05, 4.69) is 42.1 Å². The van der Waals surface area contributed by atoms with E-state index in [1.54, 1.807) is 17.7 Å². The average Bonchev–Trinajstić information content (AvgIpc) is 2.77. The first-order chi connectivity index (χ1) is 11.4. The number of azo groups is 1. The number of phenolic OH excluding ortho intramolecular Hbond substituents is 1. The number of halogens is 2. The molecule has 0 spiro atoms. The third kappa shape index (κ3) is 2.94. The highest BCUT2D eigenvalue weighted by molar-refractivity contribution is 9.11. The Balaban J connectivity index is 2.05. The highest BCUT2D eigenvalue weighted by Crippen LogP contribution is 2.42. The normalized spacial score (nSPS) is 11.5. The van der Waals surface area contributed by atoms with Crippen molar-refractivity contribution in [2.24, 2.45) is 17.3 Å². The number of rotatable bonds is 2. The summed E-state index contributed by atoms with van der Waals surface area (Å²) in [5, 5.41) is 27.8. The summed E-state index contributed by atoms with van der Waals surface area (Å²) in [4.78, 5) is 12.1. The van der Waals surface area contributed by atoms with Gasteiger partial charge in [0.2, 0.25) is 5.88 Å². The first-order valence-corrected chi connectivity index (χ1v) is 8.38. The number of aromatic nitrogens is 1. The van der Waals surface area contributed by atoms with Gasteiger partial charge >= 0.3 is 0 Å². The summed E-state index contributed by atoms with van der Waals surface area (Å²) in [5.41, 5.74) is 1.24. The third-order valence-electron chi connectivity index (χ3n) is 3.50. The standard InChI is InChI=1S/C16H11Br2N3O3/c1-21-14-11(6-9(17)7-12(14)18)13(16(21)24)19-20-15(23)8-2-4-10(22)5-3-8/h2-7,22,24H,1H3. The number of amides is 1. The van der Waals surface area contributed by atoms with Crippen molar-refractivity contribution in [3.8, 4) is 11.6 Å². The van der Waals surface area contributed by atoms with Gasteiger partial charge in [0.05, 0.1) is 5.52 Å². The molecule has 0 bridgehead atoms. The molecular formula is C16H11Br2N3O3. The van der Waals surface area contributed by atoms with Gasteiger partial charge in [0.25, 0.3) is 5.91 Å². The SMILES string of the molecule is Cn1c(O)c(N=NC(=O)c2ccc(O)cc2)c2cc(Br)cc(Br)c21. The Morgan fingerprint density at radius 1 is 1.12 bits per heavy atom. The summed E-state index contributed by atoms with van der Waals surface area (Å²) in [6.07, 6.45) is 0. The second-order valence-electron chi connectivity index (χ2n) is 5.07. The molecule has 0 saturated carbocycles. The molecule has 1 amide bonds. The molecule has 0 radical (unpaired) electrons. The van der Waals surface area contributed by atoms with E-state index in [4.69, 9.17) is 0 Å². The van der Waals surface area contributed by atoms with E-state index in [0.29, 0.717) is 10.9 Å². The highest BCUT2D eigenvalue weighted by atomic mass is 79.9. The molecule has 8 heteroatoms. The topological polar surface area (TPSA) is 87.2 Å². The second kappa shape index (κ2) is 6.37. The lowest BCUT2D eigenvalue weighted by Gasteiger charge is -2.00. The van der Waals surface area contributed by atoms with E-state index >= 15 is 0 Å². The van der Waals surface area contributed by atoms with Crippen LogP contribution in [0.15, 0.2) is 55.6 Å². The molecule has 1 heterocycles. The predicted octanol–water partition coefficient (Wildman–Crippen LogP) is 5.04. The maximum atomic E-state index is 12.1. The van der Waals surface area contributed by atoms with Crippen molar-refractivity contribution in [1.82, 2.24) is 4.57 Å². The van der Waals surface area contributed by atoms with E-state index in [1.807, 2.05) is 6.07 Å². The van der Waals surface area contributed by atoms with Gasteiger partial charge in [-0.2, -0.15) is 0 Å². The van der Waals surface area contributed by atoms with E-state index < -0.39 is 5.91 Å². The quantitative estimate of drug-likeness (QED) is 0.534. The van der Waals surface area contributed by atoms with Gasteiger partial charge in [0, 0.05) is 26.9 Å². The smallest absolute Gasteiger partial charge is 0.295 e. The number of aromatic hydroxyl groups is 2. The molecule has 0 unspecified atom stereocenters. The van der Waals surface area contributed by atoms with Gasteiger partial charge < -0.3 is 14.8 Å². The van der Waals surface area contributed by atoms with Crippen molar-refractivity contribution in [1.29, 1.82) is 0 Å². The summed E-state index contributed by atoms with van der Waals surface area (Å²) < 4.78 is 3.13. The Morgan fingerprint density at radius 3 is 2.46 bits per heavy atom. The minimum Gasteiger partial charge on any atom is -0.508 e. The molecule has 0 saturated heterocycles. The zero-order chi connectivity index (χ0) is 17.4. The lowest BCUT2D eigenvalue weighted by Crippen LogP contribution is -1.92. The molecule has 2 aromatic carbocycles. The number of fused-ring (bicyclic) bond motifs is 1. The molecule has 0 aliphatic carbocycles. The zero-order valence-corrected chi connectivity index (χ0v) is 15.5. The minimum atomic E-state index is -0.569. The van der Waals surface area contributed by atoms with E-state index in [-0.39, 0.29) is 17.3 Å². The van der Waals surface area contributed by atoms with E-state index in [0.717, 1.165) is 14.5 Å². The van der Waals surface area contributed by atoms with Crippen LogP contribution >= 0.6 is 31.9 Å². The van der Waals surface area contributed by atoms with Crippen molar-refractivity contribution in [3.63, 3.8) is 0 Å². The number of benzene rings is 2. The van der Waals surface area contributed by atoms with Crippen LogP contribution in [0, 0.1) is 0 Å². The highest BCUT2D eigenvalue weighted by Gasteiger charge is 2.18. The van der Waals surface area contributed by atoms with Crippen LogP contribution in [-0.4, -0.2) is 20.7 Å². The van der Waals surface area contributed by atoms with Gasteiger partial charge in [-0.05, 0) is 52.3 Å². The van der Waals surface area contributed by atoms with Gasteiger partial charge in [0.15, 0.2) is 5.69 Å². The number of nitrogens with zero attached hydrogens (tertiary/aromatic N) is 3. The van der Waals surface area contributed by atoms with Crippen molar-refractivity contribution < 1.29 is 15.0 Å². The van der Waals surface area contributed by atoms with Crippen molar-refractivity contribution >= 4 is 54.4 Å². The van der Waals surface area contributed by atoms with Crippen molar-refractivity contribution in [2.45, 2.75) is 0 Å². The number of hydrogen-bond donors (Lipinski definition) is 2. The van der Waals surface area contributed by atoms with Crippen LogP contribution in [0.3, 0.4) is 0 Å². The second-order valence-corrected chi connectivity index (χ2v) is 6.84. The molecule has 3 rings (SSSR count). The molecule has 0 atom stereocenters. The summed E-state index contributed by atoms with van der Waals surface area (Å²) in [7, 11) is 1.69. The van der Waals surface area contributed by atoms with Crippen LogP contribution < -0.4 is 0 Å². The third-order valence-corrected chi connectivity index (χ3v) is 4.57. The number of hydrogen-bond acceptors (Lipinski definition) is 4. The molecule has 122 valence electrons. The van der Waals surface area contributed by atoms with Gasteiger partial charge in [-0.1, -0.05) is 15.9 Å². The Kier molecular flexibility index (Phi) is 4.42. The summed E-state index contributed by atoms with van der Waals surface area (Å²) in [6.45, 7) is 0. The van der Waals surface area contributed by atoms with Gasteiger partial charge in [0.1, 0.15) is 5.75 Å².